The Morgan fingerprint density at radius 1 is 1.71 bits per heavy atom. The van der Waals surface area contributed by atoms with Crippen LogP contribution in [0.25, 0.3) is 0 Å². The van der Waals surface area contributed by atoms with Crippen LogP contribution in [0.5, 0.6) is 0 Å². The fourth-order valence-electron chi connectivity index (χ4n) is 0.466. The van der Waals surface area contributed by atoms with E-state index in [9.17, 15) is 0 Å². The van der Waals surface area contributed by atoms with Crippen molar-refractivity contribution in [3.8, 4) is 0 Å². The molecule has 1 rings (SSSR count). The Bertz CT molecular complexity index is 132. The molecule has 0 aromatic heterocycles. The van der Waals surface area contributed by atoms with Crippen LogP contribution in [0.2, 0.25) is 0 Å². The zero-order chi connectivity index (χ0) is 5.44. The van der Waals surface area contributed by atoms with E-state index < -0.39 is 0 Å². The van der Waals surface area contributed by atoms with Gasteiger partial charge in [0.2, 0.25) is 0 Å². The van der Waals surface area contributed by atoms with Crippen molar-refractivity contribution in [3.63, 3.8) is 0 Å². The van der Waals surface area contributed by atoms with Gasteiger partial charge in [0.25, 0.3) is 0 Å². The molecule has 0 bridgehead atoms. The van der Waals surface area contributed by atoms with Crippen molar-refractivity contribution in [2.45, 2.75) is 18.4 Å². The Labute approximate surface area is 51.3 Å². The zero-order valence-corrected chi connectivity index (χ0v) is 6.18. The molecule has 0 amide bonds. The van der Waals surface area contributed by atoms with Crippen LogP contribution in [0.4, 0.5) is 0 Å². The van der Waals surface area contributed by atoms with Gasteiger partial charge in [-0.1, -0.05) is 0 Å². The molecule has 1 saturated heterocycles. The predicted octanol–water partition coefficient (Wildman–Crippen LogP) is 1.33. The molecule has 0 aromatic rings. The van der Waals surface area contributed by atoms with Crippen LogP contribution in [-0.2, 0) is 9.16 Å². The summed E-state index contributed by atoms with van der Waals surface area (Å²) in [5, 5.41) is 0. The summed E-state index contributed by atoms with van der Waals surface area (Å²) in [7, 11) is 2.14. The van der Waals surface area contributed by atoms with Crippen molar-refractivity contribution in [1.29, 1.82) is 0 Å². The van der Waals surface area contributed by atoms with Gasteiger partial charge in [0, 0.05) is 0 Å². The second-order valence-corrected chi connectivity index (χ2v) is 5.93. The number of rotatable bonds is 1. The molecule has 1 unspecified atom stereocenters. The van der Waals surface area contributed by atoms with Gasteiger partial charge in [-0.25, -0.2) is 0 Å². The van der Waals surface area contributed by atoms with Gasteiger partial charge in [-0.05, 0) is 0 Å². The van der Waals surface area contributed by atoms with Gasteiger partial charge in [-0.2, -0.15) is 0 Å². The molecule has 3 heteroatoms. The van der Waals surface area contributed by atoms with E-state index >= 15 is 0 Å². The third kappa shape index (κ3) is 1.33. The second-order valence-electron chi connectivity index (χ2n) is 2.04. The first-order valence-electron chi connectivity index (χ1n) is 2.36. The molecule has 7 heavy (non-hydrogen) atoms. The summed E-state index contributed by atoms with van der Waals surface area (Å²) in [6.45, 7) is 10.00. The summed E-state index contributed by atoms with van der Waals surface area (Å²) in [4.78, 5) is 0. The molecule has 1 fully saturated rings. The molecule has 0 nitrogen and oxygen atoms in total. The Kier molecular flexibility index (Phi) is 1.63. The van der Waals surface area contributed by atoms with E-state index in [2.05, 4.69) is 13.8 Å². The average molecular weight is 131 g/mol. The number of hydrogen-bond donors (Lipinski definition) is 0. The SMILES string of the molecule is B#[S-]1SC1C(C)C. The maximum atomic E-state index is 5.56. The summed E-state index contributed by atoms with van der Waals surface area (Å²) in [5.41, 5.74) is 0. The minimum atomic E-state index is 0.238. The fourth-order valence-corrected chi connectivity index (χ4v) is 3.66. The van der Waals surface area contributed by atoms with Gasteiger partial charge in [0.05, 0.1) is 0 Å². The summed E-state index contributed by atoms with van der Waals surface area (Å²) >= 11 is 0. The average Bonchev–Trinajstić information content (AvgIpc) is 2.17. The molecule has 0 saturated carbocycles. The van der Waals surface area contributed by atoms with E-state index in [-0.39, 0.29) is 9.16 Å². The van der Waals surface area contributed by atoms with Gasteiger partial charge in [-0.3, -0.25) is 0 Å². The molecular formula is C4H8BS2-. The van der Waals surface area contributed by atoms with E-state index in [1.165, 1.54) is 0 Å². The molecular weight excluding hydrogens is 123 g/mol. The third-order valence-corrected chi connectivity index (χ3v) is 4.73. The van der Waals surface area contributed by atoms with Crippen molar-refractivity contribution in [2.75, 3.05) is 0 Å². The first-order chi connectivity index (χ1) is 3.22. The Morgan fingerprint density at radius 3 is 2.14 bits per heavy atom. The van der Waals surface area contributed by atoms with Crippen LogP contribution >= 0.6 is 10.8 Å². The van der Waals surface area contributed by atoms with E-state index in [4.69, 9.17) is 6.53 Å². The topological polar surface area (TPSA) is 0 Å². The monoisotopic (exact) mass is 131 g/mol. The van der Waals surface area contributed by atoms with Crippen LogP contribution in [0.1, 0.15) is 13.8 Å². The molecule has 1 heterocycles. The van der Waals surface area contributed by atoms with Crippen molar-refractivity contribution in [3.05, 3.63) is 0 Å². The van der Waals surface area contributed by atoms with Gasteiger partial charge in [0.1, 0.15) is 0 Å². The zero-order valence-electron chi connectivity index (χ0n) is 4.55. The summed E-state index contributed by atoms with van der Waals surface area (Å²) in [6.07, 6.45) is 0. The molecule has 40 valence electrons. The molecule has 0 radical (unpaired) electrons. The van der Waals surface area contributed by atoms with Crippen molar-refractivity contribution in [2.24, 2.45) is 5.92 Å². The Balaban J connectivity index is 2.38. The first kappa shape index (κ1) is 5.89. The minimum absolute atomic E-state index is 0.238. The van der Waals surface area contributed by atoms with Crippen LogP contribution in [0.15, 0.2) is 0 Å². The van der Waals surface area contributed by atoms with Crippen LogP contribution in [-0.4, -0.2) is 11.1 Å². The summed E-state index contributed by atoms with van der Waals surface area (Å²) in [6, 6.07) is 0. The van der Waals surface area contributed by atoms with Crippen molar-refractivity contribution in [1.82, 2.24) is 0 Å². The van der Waals surface area contributed by atoms with Crippen LogP contribution < -0.4 is 0 Å². The standard InChI is InChI=1S/C4H8BS2/c1-3(2)4-6-7(4)5/h3-4H,1-2H3/q-1. The molecule has 0 spiro atoms. The molecule has 0 aromatic carbocycles. The Hall–Kier alpha value is 0.765. The van der Waals surface area contributed by atoms with E-state index in [1.54, 1.807) is 0 Å². The van der Waals surface area contributed by atoms with Gasteiger partial charge in [-0.15, -0.1) is 0 Å². The van der Waals surface area contributed by atoms with Gasteiger partial charge in [0.15, 0.2) is 0 Å². The molecule has 1 atom stereocenters. The number of hydrogen-bond acceptors (Lipinski definition) is 2. The second kappa shape index (κ2) is 1.94. The summed E-state index contributed by atoms with van der Waals surface area (Å²) < 4.78 is 0.792. The maximum absolute atomic E-state index is 5.56. The predicted molar refractivity (Wildman–Crippen MR) is 39.3 cm³/mol. The first-order valence-corrected chi connectivity index (χ1v) is 5.11. The normalized spacial score (nSPS) is 31.9. The van der Waals surface area contributed by atoms with E-state index in [0.29, 0.717) is 0 Å². The Morgan fingerprint density at radius 2 is 2.14 bits per heavy atom. The fraction of sp³-hybridized carbons (Fsp3) is 1.00. The molecule has 0 N–H and O–H groups in total. The van der Waals surface area contributed by atoms with Gasteiger partial charge < -0.3 is 0 Å². The summed E-state index contributed by atoms with van der Waals surface area (Å²) in [5.74, 6) is 0.790. The van der Waals surface area contributed by atoms with E-state index in [1.807, 2.05) is 10.8 Å². The molecule has 0 aliphatic carbocycles. The molecule has 1 aliphatic heterocycles. The van der Waals surface area contributed by atoms with Crippen molar-refractivity contribution < 1.29 is 0 Å². The van der Waals surface area contributed by atoms with Crippen LogP contribution in [0, 0.1) is 5.92 Å². The molecule has 1 aliphatic rings. The van der Waals surface area contributed by atoms with Gasteiger partial charge >= 0.3 is 50.8 Å². The van der Waals surface area contributed by atoms with Crippen LogP contribution in [0.3, 0.4) is 0 Å². The van der Waals surface area contributed by atoms with Crippen molar-refractivity contribution >= 4 is 26.5 Å². The third-order valence-electron chi connectivity index (χ3n) is 0.941. The quantitative estimate of drug-likeness (QED) is 0.224. The van der Waals surface area contributed by atoms with E-state index in [0.717, 1.165) is 10.5 Å².